The van der Waals surface area contributed by atoms with Gasteiger partial charge in [0.05, 0.1) is 47.6 Å². The van der Waals surface area contributed by atoms with Gasteiger partial charge in [-0.05, 0) is 35.4 Å². The molecule has 4 aromatic carbocycles. The molecule has 0 aliphatic heterocycles. The van der Waals surface area contributed by atoms with Gasteiger partial charge in [-0.15, -0.1) is 0 Å². The fourth-order valence-electron chi connectivity index (χ4n) is 4.28. The minimum absolute atomic E-state index is 0.0491. The molecule has 0 spiro atoms. The predicted molar refractivity (Wildman–Crippen MR) is 167 cm³/mol. The van der Waals surface area contributed by atoms with E-state index in [4.69, 9.17) is 9.47 Å². The van der Waals surface area contributed by atoms with Crippen LogP contribution in [0.2, 0.25) is 0 Å². The van der Waals surface area contributed by atoms with E-state index in [2.05, 4.69) is 12.1 Å². The third-order valence-corrected chi connectivity index (χ3v) is 6.52. The van der Waals surface area contributed by atoms with Crippen LogP contribution in [-0.2, 0) is 19.1 Å². The molecule has 0 saturated heterocycles. The van der Waals surface area contributed by atoms with Gasteiger partial charge >= 0.3 is 11.9 Å². The van der Waals surface area contributed by atoms with Crippen LogP contribution in [0.15, 0.2) is 109 Å². The van der Waals surface area contributed by atoms with Crippen molar-refractivity contribution in [1.29, 1.82) is 10.5 Å². The molecule has 0 saturated carbocycles. The molecule has 4 rings (SSSR count). The average Bonchev–Trinajstić information content (AvgIpc) is 3.05. The average molecular weight is 567 g/mol. The number of carbonyl (C=O) groups excluding carboxylic acids is 2. The summed E-state index contributed by atoms with van der Waals surface area (Å²) in [6.07, 6.45) is 3.39. The first-order chi connectivity index (χ1) is 20.8. The third-order valence-electron chi connectivity index (χ3n) is 6.52. The number of carbonyl (C=O) groups is 2. The normalized spacial score (nSPS) is 11.6. The molecular weight excluding hydrogens is 536 g/mol. The van der Waals surface area contributed by atoms with Crippen LogP contribution in [-0.4, -0.2) is 25.2 Å². The molecular formula is C37H30N2O4. The van der Waals surface area contributed by atoms with Gasteiger partial charge in [-0.2, -0.15) is 10.5 Å². The van der Waals surface area contributed by atoms with Crippen molar-refractivity contribution in [3.8, 4) is 12.1 Å². The Hall–Kier alpha value is -5.72. The smallest absolute Gasteiger partial charge is 0.338 e. The SMILES string of the molecule is CC(C)(COC(=O)/C(=C\c1ccccc1)c1ccccc1C#N)COC(=O)/C(=C\c1ccccc1)c1ccccc1C#N. The Morgan fingerprint density at radius 1 is 0.605 bits per heavy atom. The van der Waals surface area contributed by atoms with E-state index in [0.29, 0.717) is 22.3 Å². The second-order valence-corrected chi connectivity index (χ2v) is 10.6. The maximum Gasteiger partial charge on any atom is 0.338 e. The Morgan fingerprint density at radius 2 is 0.953 bits per heavy atom. The number of esters is 2. The van der Waals surface area contributed by atoms with Gasteiger partial charge in [-0.1, -0.05) is 111 Å². The summed E-state index contributed by atoms with van der Waals surface area (Å²) < 4.78 is 11.5. The largest absolute Gasteiger partial charge is 0.461 e. The summed E-state index contributed by atoms with van der Waals surface area (Å²) >= 11 is 0. The minimum Gasteiger partial charge on any atom is -0.461 e. The van der Waals surface area contributed by atoms with Gasteiger partial charge in [0, 0.05) is 16.5 Å². The van der Waals surface area contributed by atoms with Crippen LogP contribution < -0.4 is 0 Å². The van der Waals surface area contributed by atoms with Gasteiger partial charge < -0.3 is 9.47 Å². The monoisotopic (exact) mass is 566 g/mol. The molecule has 0 aliphatic rings. The van der Waals surface area contributed by atoms with Crippen LogP contribution in [0.25, 0.3) is 23.3 Å². The van der Waals surface area contributed by atoms with Crippen LogP contribution in [0.5, 0.6) is 0 Å². The van der Waals surface area contributed by atoms with E-state index < -0.39 is 17.4 Å². The summed E-state index contributed by atoms with van der Waals surface area (Å²) in [6.45, 7) is 3.54. The highest BCUT2D eigenvalue weighted by Crippen LogP contribution is 2.27. The summed E-state index contributed by atoms with van der Waals surface area (Å²) in [4.78, 5) is 26.8. The molecule has 4 aromatic rings. The zero-order valence-corrected chi connectivity index (χ0v) is 24.0. The van der Waals surface area contributed by atoms with Crippen LogP contribution in [0.3, 0.4) is 0 Å². The predicted octanol–water partition coefficient (Wildman–Crippen LogP) is 7.32. The zero-order chi connectivity index (χ0) is 30.7. The highest BCUT2D eigenvalue weighted by molar-refractivity contribution is 6.23. The van der Waals surface area contributed by atoms with Gasteiger partial charge in [0.15, 0.2) is 0 Å². The molecule has 0 bridgehead atoms. The van der Waals surface area contributed by atoms with Crippen LogP contribution in [0, 0.1) is 28.1 Å². The maximum atomic E-state index is 13.4. The van der Waals surface area contributed by atoms with Crippen molar-refractivity contribution in [3.05, 3.63) is 143 Å². The van der Waals surface area contributed by atoms with E-state index in [1.807, 2.05) is 74.5 Å². The van der Waals surface area contributed by atoms with Gasteiger partial charge in [0.2, 0.25) is 0 Å². The molecule has 0 unspecified atom stereocenters. The molecule has 6 nitrogen and oxygen atoms in total. The topological polar surface area (TPSA) is 100 Å². The Kier molecular flexibility index (Phi) is 10.0. The zero-order valence-electron chi connectivity index (χ0n) is 24.0. The summed E-state index contributed by atoms with van der Waals surface area (Å²) in [7, 11) is 0. The number of rotatable bonds is 10. The van der Waals surface area contributed by atoms with Crippen LogP contribution in [0.1, 0.15) is 47.2 Å². The minimum atomic E-state index is -0.746. The molecule has 0 radical (unpaired) electrons. The highest BCUT2D eigenvalue weighted by Gasteiger charge is 2.27. The number of benzene rings is 4. The van der Waals surface area contributed by atoms with Crippen molar-refractivity contribution in [2.45, 2.75) is 13.8 Å². The van der Waals surface area contributed by atoms with Gasteiger partial charge in [-0.3, -0.25) is 0 Å². The Morgan fingerprint density at radius 3 is 1.33 bits per heavy atom. The van der Waals surface area contributed by atoms with Crippen molar-refractivity contribution < 1.29 is 19.1 Å². The van der Waals surface area contributed by atoms with Crippen LogP contribution in [0.4, 0.5) is 0 Å². The Bertz CT molecular complexity index is 1610. The first-order valence-electron chi connectivity index (χ1n) is 13.7. The quantitative estimate of drug-likeness (QED) is 0.113. The summed E-state index contributed by atoms with van der Waals surface area (Å²) in [6, 6.07) is 36.6. The lowest BCUT2D eigenvalue weighted by Gasteiger charge is -2.24. The molecule has 6 heteroatoms. The fourth-order valence-corrected chi connectivity index (χ4v) is 4.28. The van der Waals surface area contributed by atoms with Crippen molar-refractivity contribution >= 4 is 35.2 Å². The fraction of sp³-hybridized carbons (Fsp3) is 0.135. The highest BCUT2D eigenvalue weighted by atomic mass is 16.5. The van der Waals surface area contributed by atoms with E-state index in [-0.39, 0.29) is 24.4 Å². The number of hydrogen-bond donors (Lipinski definition) is 0. The lowest BCUT2D eigenvalue weighted by molar-refractivity contribution is -0.145. The van der Waals surface area contributed by atoms with E-state index in [9.17, 15) is 20.1 Å². The van der Waals surface area contributed by atoms with E-state index >= 15 is 0 Å². The first kappa shape index (κ1) is 30.2. The second kappa shape index (κ2) is 14.3. The second-order valence-electron chi connectivity index (χ2n) is 10.6. The number of hydrogen-bond acceptors (Lipinski definition) is 6. The Labute approximate surface area is 251 Å². The van der Waals surface area contributed by atoms with E-state index in [1.165, 1.54) is 0 Å². The summed E-state index contributed by atoms with van der Waals surface area (Å²) in [5.41, 5.74) is 2.95. The molecule has 212 valence electrons. The molecule has 0 aliphatic carbocycles. The van der Waals surface area contributed by atoms with Crippen molar-refractivity contribution in [1.82, 2.24) is 0 Å². The van der Waals surface area contributed by atoms with Crippen LogP contribution >= 0.6 is 0 Å². The lowest BCUT2D eigenvalue weighted by atomic mass is 9.95. The molecule has 0 heterocycles. The first-order valence-corrected chi connectivity index (χ1v) is 13.7. The standard InChI is InChI=1S/C37H30N2O4/c1-37(2,25-42-35(40)33(21-27-13-5-3-6-14-27)31-19-11-9-17-29(31)23-38)26-43-36(41)34(22-28-15-7-4-8-16-28)32-20-12-10-18-30(32)24-39/h3-22H,25-26H2,1-2H3/b33-21-,34-22-. The molecule has 0 N–H and O–H groups in total. The van der Waals surface area contributed by atoms with Gasteiger partial charge in [0.25, 0.3) is 0 Å². The number of nitriles is 2. The van der Waals surface area contributed by atoms with E-state index in [1.54, 1.807) is 60.7 Å². The molecule has 0 fully saturated rings. The summed E-state index contributed by atoms with van der Waals surface area (Å²) in [5, 5.41) is 19.3. The molecule has 0 atom stereocenters. The van der Waals surface area contributed by atoms with Crippen molar-refractivity contribution in [2.24, 2.45) is 5.41 Å². The van der Waals surface area contributed by atoms with Gasteiger partial charge in [-0.25, -0.2) is 9.59 Å². The molecule has 0 amide bonds. The van der Waals surface area contributed by atoms with Crippen molar-refractivity contribution in [3.63, 3.8) is 0 Å². The maximum absolute atomic E-state index is 13.4. The van der Waals surface area contributed by atoms with E-state index in [0.717, 1.165) is 11.1 Å². The van der Waals surface area contributed by atoms with Gasteiger partial charge in [0.1, 0.15) is 0 Å². The Balaban J connectivity index is 1.52. The number of ether oxygens (including phenoxy) is 2. The number of nitrogens with zero attached hydrogens (tertiary/aromatic N) is 2. The lowest BCUT2D eigenvalue weighted by Crippen LogP contribution is -2.29. The molecule has 0 aromatic heterocycles. The summed E-state index contributed by atoms with van der Waals surface area (Å²) in [5.74, 6) is -1.20. The third kappa shape index (κ3) is 8.16. The van der Waals surface area contributed by atoms with Crippen molar-refractivity contribution in [2.75, 3.05) is 13.2 Å². The molecule has 43 heavy (non-hydrogen) atoms.